The molecule has 7 heteroatoms. The third-order valence-electron chi connectivity index (χ3n) is 6.16. The van der Waals surface area contributed by atoms with Gasteiger partial charge in [0.1, 0.15) is 5.82 Å². The first-order valence-electron chi connectivity index (χ1n) is 10.5. The van der Waals surface area contributed by atoms with Crippen LogP contribution in [0.25, 0.3) is 11.3 Å². The van der Waals surface area contributed by atoms with Gasteiger partial charge in [-0.3, -0.25) is 14.6 Å². The summed E-state index contributed by atoms with van der Waals surface area (Å²) in [6, 6.07) is 5.20. The molecular formula is C22H28N4O3. The Morgan fingerprint density at radius 3 is 2.83 bits per heavy atom. The lowest BCUT2D eigenvalue weighted by atomic mass is 9.85. The zero-order valence-electron chi connectivity index (χ0n) is 16.8. The molecule has 2 aliphatic rings. The number of nitrogens with zero attached hydrogens (tertiary/aromatic N) is 3. The Morgan fingerprint density at radius 1 is 1.21 bits per heavy atom. The van der Waals surface area contributed by atoms with Gasteiger partial charge in [0.2, 0.25) is 5.91 Å². The summed E-state index contributed by atoms with van der Waals surface area (Å²) in [7, 11) is 1.73. The average molecular weight is 396 g/mol. The minimum atomic E-state index is -0.166. The maximum atomic E-state index is 13.1. The molecule has 1 amide bonds. The lowest BCUT2D eigenvalue weighted by molar-refractivity contribution is -0.139. The van der Waals surface area contributed by atoms with Crippen molar-refractivity contribution in [3.8, 4) is 11.3 Å². The van der Waals surface area contributed by atoms with E-state index in [0.29, 0.717) is 18.1 Å². The van der Waals surface area contributed by atoms with Crippen molar-refractivity contribution < 1.29 is 9.53 Å². The van der Waals surface area contributed by atoms with Gasteiger partial charge in [0, 0.05) is 56.1 Å². The van der Waals surface area contributed by atoms with Crippen LogP contribution in [0, 0.1) is 5.92 Å². The van der Waals surface area contributed by atoms with E-state index in [1.54, 1.807) is 19.5 Å². The van der Waals surface area contributed by atoms with Crippen molar-refractivity contribution in [1.29, 1.82) is 0 Å². The summed E-state index contributed by atoms with van der Waals surface area (Å²) < 4.78 is 5.49. The largest absolute Gasteiger partial charge is 0.381 e. The van der Waals surface area contributed by atoms with E-state index in [0.717, 1.165) is 50.6 Å². The number of likely N-dealkylation sites (tertiary alicyclic amines) is 1. The number of hydrogen-bond donors (Lipinski definition) is 1. The zero-order chi connectivity index (χ0) is 20.2. The number of carbonyl (C=O) groups excluding carboxylic acids is 1. The molecule has 7 nitrogen and oxygen atoms in total. The van der Waals surface area contributed by atoms with Crippen LogP contribution >= 0.6 is 0 Å². The molecule has 154 valence electrons. The summed E-state index contributed by atoms with van der Waals surface area (Å²) in [5.74, 6) is 0.982. The summed E-state index contributed by atoms with van der Waals surface area (Å²) in [5, 5.41) is 0. The van der Waals surface area contributed by atoms with Crippen LogP contribution in [0.5, 0.6) is 0 Å². The van der Waals surface area contributed by atoms with E-state index >= 15 is 0 Å². The van der Waals surface area contributed by atoms with Crippen molar-refractivity contribution in [3.63, 3.8) is 0 Å². The molecule has 1 saturated heterocycles. The molecule has 1 saturated carbocycles. The van der Waals surface area contributed by atoms with Crippen LogP contribution < -0.4 is 5.56 Å². The number of nitrogens with one attached hydrogen (secondary N) is 1. The molecule has 3 atom stereocenters. The first-order chi connectivity index (χ1) is 14.1. The van der Waals surface area contributed by atoms with Crippen molar-refractivity contribution in [3.05, 3.63) is 46.8 Å². The first-order valence-corrected chi connectivity index (χ1v) is 10.5. The number of ether oxygens (including phenoxy) is 1. The number of carbonyl (C=O) groups is 1. The average Bonchev–Trinajstić information content (AvgIpc) is 2.79. The van der Waals surface area contributed by atoms with E-state index in [1.807, 2.05) is 17.0 Å². The third-order valence-corrected chi connectivity index (χ3v) is 6.16. The minimum absolute atomic E-state index is 0.0441. The van der Waals surface area contributed by atoms with E-state index in [4.69, 9.17) is 9.72 Å². The van der Waals surface area contributed by atoms with Gasteiger partial charge < -0.3 is 14.6 Å². The summed E-state index contributed by atoms with van der Waals surface area (Å²) in [6.07, 6.45) is 9.22. The fourth-order valence-electron chi connectivity index (χ4n) is 4.58. The molecule has 4 rings (SSSR count). The van der Waals surface area contributed by atoms with Crippen LogP contribution in [-0.4, -0.2) is 52.1 Å². The lowest BCUT2D eigenvalue weighted by Gasteiger charge is -2.36. The van der Waals surface area contributed by atoms with E-state index in [9.17, 15) is 9.59 Å². The van der Waals surface area contributed by atoms with Crippen LogP contribution in [0.2, 0.25) is 0 Å². The molecule has 3 heterocycles. The second-order valence-corrected chi connectivity index (χ2v) is 8.10. The van der Waals surface area contributed by atoms with Crippen LogP contribution in [0.4, 0.5) is 0 Å². The Kier molecular flexibility index (Phi) is 6.04. The van der Waals surface area contributed by atoms with Gasteiger partial charge in [-0.15, -0.1) is 0 Å². The van der Waals surface area contributed by atoms with Crippen molar-refractivity contribution in [2.45, 2.75) is 50.5 Å². The smallest absolute Gasteiger partial charge is 0.251 e. The molecule has 3 unspecified atom stereocenters. The fraction of sp³-hybridized carbons (Fsp3) is 0.545. The summed E-state index contributed by atoms with van der Waals surface area (Å²) in [6.45, 7) is 1.38. The highest BCUT2D eigenvalue weighted by Crippen LogP contribution is 2.31. The van der Waals surface area contributed by atoms with Crippen molar-refractivity contribution in [1.82, 2.24) is 19.9 Å². The molecule has 0 bridgehead atoms. The maximum absolute atomic E-state index is 13.1. The molecular weight excluding hydrogens is 368 g/mol. The van der Waals surface area contributed by atoms with Gasteiger partial charge in [0.25, 0.3) is 5.56 Å². The number of hydrogen-bond acceptors (Lipinski definition) is 5. The number of rotatable bonds is 4. The van der Waals surface area contributed by atoms with Crippen molar-refractivity contribution in [2.24, 2.45) is 5.92 Å². The lowest BCUT2D eigenvalue weighted by Crippen LogP contribution is -2.44. The SMILES string of the molecule is COC1CCCC(C(=O)N2CCCC(c3nc(-c4ccncc4)cc(=O)[nH]3)C2)C1. The molecule has 0 spiro atoms. The standard InChI is InChI=1S/C22H28N4O3/c1-29-18-6-2-4-16(12-18)22(28)26-11-3-5-17(14-26)21-24-19(13-20(27)25-21)15-7-9-23-10-8-15/h7-10,13,16-18H,2-6,11-12,14H2,1H3,(H,24,25,27). The Balaban J connectivity index is 1.51. The van der Waals surface area contributed by atoms with Gasteiger partial charge in [-0.05, 0) is 44.2 Å². The summed E-state index contributed by atoms with van der Waals surface area (Å²) in [4.78, 5) is 39.0. The molecule has 1 N–H and O–H groups in total. The first kappa shape index (κ1) is 19.8. The van der Waals surface area contributed by atoms with Gasteiger partial charge in [-0.1, -0.05) is 6.42 Å². The van der Waals surface area contributed by atoms with Crippen LogP contribution in [-0.2, 0) is 9.53 Å². The van der Waals surface area contributed by atoms with Crippen LogP contribution in [0.3, 0.4) is 0 Å². The Labute approximate surface area is 170 Å². The molecule has 1 aliphatic carbocycles. The predicted molar refractivity (Wildman–Crippen MR) is 109 cm³/mol. The highest BCUT2D eigenvalue weighted by atomic mass is 16.5. The fourth-order valence-corrected chi connectivity index (χ4v) is 4.58. The number of H-pyrrole nitrogens is 1. The van der Waals surface area contributed by atoms with Crippen LogP contribution in [0.15, 0.2) is 35.4 Å². The molecule has 0 radical (unpaired) electrons. The monoisotopic (exact) mass is 396 g/mol. The number of methoxy groups -OCH3 is 1. The molecule has 2 aromatic rings. The number of piperidine rings is 1. The third kappa shape index (κ3) is 4.56. The molecule has 2 fully saturated rings. The second kappa shape index (κ2) is 8.86. The number of amides is 1. The zero-order valence-corrected chi connectivity index (χ0v) is 16.8. The van der Waals surface area contributed by atoms with Gasteiger partial charge in [0.15, 0.2) is 0 Å². The Bertz CT molecular complexity index is 898. The summed E-state index contributed by atoms with van der Waals surface area (Å²) in [5.41, 5.74) is 1.34. The summed E-state index contributed by atoms with van der Waals surface area (Å²) >= 11 is 0. The van der Waals surface area contributed by atoms with Crippen molar-refractivity contribution in [2.75, 3.05) is 20.2 Å². The van der Waals surface area contributed by atoms with Crippen molar-refractivity contribution >= 4 is 5.91 Å². The predicted octanol–water partition coefficient (Wildman–Crippen LogP) is 2.74. The molecule has 1 aliphatic heterocycles. The Morgan fingerprint density at radius 2 is 2.03 bits per heavy atom. The number of aromatic nitrogens is 3. The second-order valence-electron chi connectivity index (χ2n) is 8.10. The topological polar surface area (TPSA) is 88.2 Å². The van der Waals surface area contributed by atoms with Crippen LogP contribution in [0.1, 0.15) is 50.3 Å². The van der Waals surface area contributed by atoms with Gasteiger partial charge in [-0.25, -0.2) is 4.98 Å². The maximum Gasteiger partial charge on any atom is 0.251 e. The van der Waals surface area contributed by atoms with E-state index in [-0.39, 0.29) is 29.4 Å². The van der Waals surface area contributed by atoms with Gasteiger partial charge in [-0.2, -0.15) is 0 Å². The van der Waals surface area contributed by atoms with E-state index in [2.05, 4.69) is 9.97 Å². The van der Waals surface area contributed by atoms with E-state index in [1.165, 1.54) is 6.07 Å². The quantitative estimate of drug-likeness (QED) is 0.858. The molecule has 29 heavy (non-hydrogen) atoms. The number of aromatic amines is 1. The minimum Gasteiger partial charge on any atom is -0.381 e. The molecule has 2 aromatic heterocycles. The highest BCUT2D eigenvalue weighted by Gasteiger charge is 2.33. The van der Waals surface area contributed by atoms with E-state index < -0.39 is 0 Å². The normalized spacial score (nSPS) is 25.0. The Hall–Kier alpha value is -2.54. The van der Waals surface area contributed by atoms with Gasteiger partial charge >= 0.3 is 0 Å². The highest BCUT2D eigenvalue weighted by molar-refractivity contribution is 5.79. The molecule has 0 aromatic carbocycles. The number of pyridine rings is 1. The van der Waals surface area contributed by atoms with Gasteiger partial charge in [0.05, 0.1) is 11.8 Å².